The van der Waals surface area contributed by atoms with E-state index >= 15 is 0 Å². The Morgan fingerprint density at radius 1 is 1.23 bits per heavy atom. The molecule has 2 atom stereocenters. The Labute approximate surface area is 192 Å². The number of anilines is 1. The van der Waals surface area contributed by atoms with E-state index in [0.717, 1.165) is 48.1 Å². The first kappa shape index (κ1) is 22.1. The monoisotopic (exact) mass is 479 g/mol. The summed E-state index contributed by atoms with van der Waals surface area (Å²) in [7, 11) is 0. The minimum absolute atomic E-state index is 0.119. The van der Waals surface area contributed by atoms with Crippen LogP contribution in [0.5, 0.6) is 5.75 Å². The number of rotatable bonds is 7. The van der Waals surface area contributed by atoms with Gasteiger partial charge in [-0.25, -0.2) is 13.8 Å². The highest BCUT2D eigenvalue weighted by Crippen LogP contribution is 2.34. The average molecular weight is 480 g/mol. The average Bonchev–Trinajstić information content (AvgIpc) is 3.28. The Bertz CT molecular complexity index is 1060. The lowest BCUT2D eigenvalue weighted by Crippen LogP contribution is -2.37. The van der Waals surface area contributed by atoms with Crippen LogP contribution in [0, 0.1) is 17.6 Å². The SMILES string of the molecule is NC1CCC=C(c2ccc(Cl)cc2)C1COc1cc(F)c(SNc2cscn2)cc1F. The van der Waals surface area contributed by atoms with Crippen molar-refractivity contribution in [1.29, 1.82) is 0 Å². The molecule has 1 aliphatic rings. The van der Waals surface area contributed by atoms with Crippen molar-refractivity contribution >= 4 is 46.3 Å². The number of ether oxygens (including phenoxy) is 1. The van der Waals surface area contributed by atoms with Crippen molar-refractivity contribution in [1.82, 2.24) is 4.98 Å². The van der Waals surface area contributed by atoms with E-state index in [1.165, 1.54) is 11.3 Å². The molecule has 1 heterocycles. The van der Waals surface area contributed by atoms with Gasteiger partial charge in [-0.2, -0.15) is 0 Å². The molecule has 3 aromatic rings. The molecule has 1 aliphatic carbocycles. The van der Waals surface area contributed by atoms with E-state index in [0.29, 0.717) is 10.8 Å². The number of halogens is 3. The summed E-state index contributed by atoms with van der Waals surface area (Å²) in [6.45, 7) is 0.148. The largest absolute Gasteiger partial charge is 0.490 e. The van der Waals surface area contributed by atoms with E-state index in [-0.39, 0.29) is 29.2 Å². The quantitative estimate of drug-likeness (QED) is 0.384. The molecule has 0 amide bonds. The third kappa shape index (κ3) is 5.38. The Morgan fingerprint density at radius 3 is 2.77 bits per heavy atom. The van der Waals surface area contributed by atoms with Gasteiger partial charge in [0.2, 0.25) is 0 Å². The van der Waals surface area contributed by atoms with E-state index < -0.39 is 11.6 Å². The molecule has 4 nitrogen and oxygen atoms in total. The maximum absolute atomic E-state index is 14.6. The number of hydrogen-bond donors (Lipinski definition) is 2. The molecule has 31 heavy (non-hydrogen) atoms. The van der Waals surface area contributed by atoms with Crippen LogP contribution < -0.4 is 15.2 Å². The summed E-state index contributed by atoms with van der Waals surface area (Å²) in [6, 6.07) is 9.55. The van der Waals surface area contributed by atoms with Gasteiger partial charge in [0.25, 0.3) is 0 Å². The van der Waals surface area contributed by atoms with Crippen LogP contribution in [0.15, 0.2) is 58.3 Å². The summed E-state index contributed by atoms with van der Waals surface area (Å²) in [5, 5.41) is 2.43. The van der Waals surface area contributed by atoms with Crippen molar-refractivity contribution in [3.8, 4) is 5.75 Å². The summed E-state index contributed by atoms with van der Waals surface area (Å²) >= 11 is 8.36. The molecule has 3 N–H and O–H groups in total. The number of hydrogen-bond acceptors (Lipinski definition) is 6. The third-order valence-corrected chi connectivity index (χ3v) is 6.74. The molecule has 0 aliphatic heterocycles. The molecule has 0 saturated heterocycles. The van der Waals surface area contributed by atoms with Crippen LogP contribution in [0.2, 0.25) is 5.02 Å². The zero-order valence-electron chi connectivity index (χ0n) is 16.4. The number of aromatic nitrogens is 1. The maximum atomic E-state index is 14.6. The van der Waals surface area contributed by atoms with Crippen molar-refractivity contribution in [3.05, 3.63) is 75.6 Å². The second-order valence-corrected chi connectivity index (χ2v) is 9.12. The van der Waals surface area contributed by atoms with Crippen LogP contribution in [0.3, 0.4) is 0 Å². The summed E-state index contributed by atoms with van der Waals surface area (Å²) in [5.41, 5.74) is 10.0. The highest BCUT2D eigenvalue weighted by Gasteiger charge is 2.27. The number of thiazole rings is 1. The molecular formula is C22H20ClF2N3OS2. The molecule has 4 rings (SSSR count). The normalized spacial score (nSPS) is 18.5. The van der Waals surface area contributed by atoms with Gasteiger partial charge in [-0.3, -0.25) is 0 Å². The first-order valence-electron chi connectivity index (χ1n) is 9.65. The zero-order chi connectivity index (χ0) is 21.8. The third-order valence-electron chi connectivity index (χ3n) is 5.06. The second-order valence-electron chi connectivity index (χ2n) is 7.12. The van der Waals surface area contributed by atoms with Crippen molar-refractivity contribution in [3.63, 3.8) is 0 Å². The second kappa shape index (κ2) is 9.99. The highest BCUT2D eigenvalue weighted by molar-refractivity contribution is 8.00. The van der Waals surface area contributed by atoms with Gasteiger partial charge < -0.3 is 15.2 Å². The summed E-state index contributed by atoms with van der Waals surface area (Å²) < 4.78 is 37.7. The van der Waals surface area contributed by atoms with E-state index in [9.17, 15) is 8.78 Å². The molecule has 0 saturated carbocycles. The summed E-state index contributed by atoms with van der Waals surface area (Å²) in [5.74, 6) is -0.902. The molecular weight excluding hydrogens is 460 g/mol. The zero-order valence-corrected chi connectivity index (χ0v) is 18.7. The molecule has 162 valence electrons. The molecule has 0 fully saturated rings. The highest BCUT2D eigenvalue weighted by atomic mass is 35.5. The topological polar surface area (TPSA) is 60.2 Å². The Morgan fingerprint density at radius 2 is 2.03 bits per heavy atom. The fourth-order valence-electron chi connectivity index (χ4n) is 3.45. The Hall–Kier alpha value is -2.13. The van der Waals surface area contributed by atoms with E-state index in [1.54, 1.807) is 10.9 Å². The lowest BCUT2D eigenvalue weighted by atomic mass is 9.81. The van der Waals surface area contributed by atoms with Gasteiger partial charge in [-0.1, -0.05) is 29.8 Å². The molecule has 0 spiro atoms. The van der Waals surface area contributed by atoms with Crippen LogP contribution in [0.4, 0.5) is 14.6 Å². The maximum Gasteiger partial charge on any atom is 0.166 e. The lowest BCUT2D eigenvalue weighted by molar-refractivity contribution is 0.242. The summed E-state index contributed by atoms with van der Waals surface area (Å²) in [6.07, 6.45) is 3.79. The number of nitrogens with zero attached hydrogens (tertiary/aromatic N) is 1. The van der Waals surface area contributed by atoms with Gasteiger partial charge in [0, 0.05) is 28.4 Å². The predicted molar refractivity (Wildman–Crippen MR) is 124 cm³/mol. The van der Waals surface area contributed by atoms with Crippen LogP contribution in [0.1, 0.15) is 18.4 Å². The van der Waals surface area contributed by atoms with Gasteiger partial charge in [0.15, 0.2) is 11.6 Å². The van der Waals surface area contributed by atoms with Crippen LogP contribution in [-0.2, 0) is 0 Å². The minimum Gasteiger partial charge on any atom is -0.490 e. The molecule has 9 heteroatoms. The van der Waals surface area contributed by atoms with Crippen molar-refractivity contribution in [2.75, 3.05) is 11.3 Å². The van der Waals surface area contributed by atoms with Gasteiger partial charge in [-0.05, 0) is 54.1 Å². The molecule has 1 aromatic heterocycles. The summed E-state index contributed by atoms with van der Waals surface area (Å²) in [4.78, 5) is 4.17. The van der Waals surface area contributed by atoms with Crippen LogP contribution >= 0.6 is 34.9 Å². The first-order valence-corrected chi connectivity index (χ1v) is 11.8. The molecule has 2 aromatic carbocycles. The molecule has 0 bridgehead atoms. The first-order chi connectivity index (χ1) is 15.0. The minimum atomic E-state index is -0.634. The van der Waals surface area contributed by atoms with Crippen LogP contribution in [-0.4, -0.2) is 17.6 Å². The van der Waals surface area contributed by atoms with Crippen molar-refractivity contribution in [2.45, 2.75) is 23.8 Å². The van der Waals surface area contributed by atoms with Crippen LogP contribution in [0.25, 0.3) is 5.57 Å². The number of benzene rings is 2. The number of allylic oxidation sites excluding steroid dienone is 1. The Balaban J connectivity index is 1.46. The lowest BCUT2D eigenvalue weighted by Gasteiger charge is -2.30. The molecule has 0 radical (unpaired) electrons. The van der Waals surface area contributed by atoms with Crippen molar-refractivity contribution < 1.29 is 13.5 Å². The smallest absolute Gasteiger partial charge is 0.166 e. The predicted octanol–water partition coefficient (Wildman–Crippen LogP) is 6.39. The Kier molecular flexibility index (Phi) is 7.12. The number of nitrogens with two attached hydrogens (primary N) is 1. The molecule has 2 unspecified atom stereocenters. The van der Waals surface area contributed by atoms with E-state index in [2.05, 4.69) is 15.8 Å². The fraction of sp³-hybridized carbons (Fsp3) is 0.227. The fourth-order valence-corrected chi connectivity index (χ4v) is 4.78. The van der Waals surface area contributed by atoms with Gasteiger partial charge >= 0.3 is 0 Å². The van der Waals surface area contributed by atoms with Crippen molar-refractivity contribution in [2.24, 2.45) is 11.7 Å². The standard InChI is InChI=1S/C22H20ClF2N3OS2/c23-14-6-4-13(5-7-14)15-2-1-3-19(26)16(15)10-29-20-8-18(25)21(9-17(20)24)31-28-22-11-30-12-27-22/h2,4-9,11-12,16,19,28H,1,3,10,26H2. The van der Waals surface area contributed by atoms with Gasteiger partial charge in [-0.15, -0.1) is 11.3 Å². The van der Waals surface area contributed by atoms with E-state index in [1.807, 2.05) is 24.3 Å². The van der Waals surface area contributed by atoms with Gasteiger partial charge in [0.05, 0.1) is 17.0 Å². The van der Waals surface area contributed by atoms with Gasteiger partial charge in [0.1, 0.15) is 11.6 Å². The number of nitrogens with one attached hydrogen (secondary N) is 1. The van der Waals surface area contributed by atoms with E-state index in [4.69, 9.17) is 22.1 Å².